The number of hydrogen-bond acceptors (Lipinski definition) is 4. The van der Waals surface area contributed by atoms with E-state index in [4.69, 9.17) is 4.74 Å². The van der Waals surface area contributed by atoms with Crippen LogP contribution in [0.15, 0.2) is 0 Å². The van der Waals surface area contributed by atoms with Crippen molar-refractivity contribution in [2.45, 2.75) is 51.4 Å². The summed E-state index contributed by atoms with van der Waals surface area (Å²) in [6.45, 7) is 5.37. The number of amides is 1. The summed E-state index contributed by atoms with van der Waals surface area (Å²) in [6.07, 6.45) is -1.52. The lowest BCUT2D eigenvalue weighted by Crippen LogP contribution is -2.52. The molecule has 1 rings (SSSR count). The molecule has 0 saturated carbocycles. The van der Waals surface area contributed by atoms with Crippen molar-refractivity contribution in [1.82, 2.24) is 4.90 Å². The third-order valence-electron chi connectivity index (χ3n) is 2.64. The first-order valence-corrected chi connectivity index (χ1v) is 5.96. The van der Waals surface area contributed by atoms with Crippen molar-refractivity contribution in [3.05, 3.63) is 0 Å². The Bertz CT molecular complexity index is 327. The van der Waals surface area contributed by atoms with Crippen LogP contribution >= 0.6 is 0 Å². The summed E-state index contributed by atoms with van der Waals surface area (Å²) in [5, 5.41) is 0. The fourth-order valence-electron chi connectivity index (χ4n) is 1.82. The number of carbonyl (C=O) groups is 2. The van der Waals surface area contributed by atoms with Gasteiger partial charge in [0.1, 0.15) is 17.8 Å². The molecule has 5 nitrogen and oxygen atoms in total. The van der Waals surface area contributed by atoms with E-state index >= 15 is 0 Å². The number of esters is 1. The summed E-state index contributed by atoms with van der Waals surface area (Å²) in [7, 11) is 1.22. The van der Waals surface area contributed by atoms with Gasteiger partial charge in [-0.05, 0) is 27.2 Å². The molecule has 1 fully saturated rings. The molecule has 1 aliphatic rings. The van der Waals surface area contributed by atoms with Crippen molar-refractivity contribution in [2.24, 2.45) is 0 Å². The van der Waals surface area contributed by atoms with Crippen LogP contribution in [0.3, 0.4) is 0 Å². The minimum atomic E-state index is -1.09. The first-order chi connectivity index (χ1) is 8.24. The second-order valence-corrected chi connectivity index (χ2v) is 5.33. The van der Waals surface area contributed by atoms with Gasteiger partial charge in [-0.3, -0.25) is 4.90 Å². The van der Waals surface area contributed by atoms with E-state index in [1.807, 2.05) is 0 Å². The number of ether oxygens (including phenoxy) is 2. The van der Waals surface area contributed by atoms with Crippen molar-refractivity contribution < 1.29 is 23.5 Å². The highest BCUT2D eigenvalue weighted by molar-refractivity contribution is 5.81. The predicted molar refractivity (Wildman–Crippen MR) is 62.9 cm³/mol. The van der Waals surface area contributed by atoms with E-state index in [9.17, 15) is 14.0 Å². The molecule has 6 heteroatoms. The van der Waals surface area contributed by atoms with Gasteiger partial charge in [0.2, 0.25) is 0 Å². The molecule has 0 aromatic rings. The summed E-state index contributed by atoms with van der Waals surface area (Å²) in [6, 6.07) is -0.895. The quantitative estimate of drug-likeness (QED) is 0.676. The van der Waals surface area contributed by atoms with Crippen molar-refractivity contribution in [1.29, 1.82) is 0 Å². The smallest absolute Gasteiger partial charge is 0.411 e. The highest BCUT2D eigenvalue weighted by Gasteiger charge is 2.38. The van der Waals surface area contributed by atoms with Gasteiger partial charge in [-0.1, -0.05) is 0 Å². The molecule has 0 bridgehead atoms. The molecule has 0 aromatic heterocycles. The van der Waals surface area contributed by atoms with Crippen LogP contribution in [0.5, 0.6) is 0 Å². The van der Waals surface area contributed by atoms with Gasteiger partial charge in [-0.25, -0.2) is 14.0 Å². The number of carbonyl (C=O) groups excluding carboxylic acids is 2. The van der Waals surface area contributed by atoms with Crippen LogP contribution < -0.4 is 0 Å². The summed E-state index contributed by atoms with van der Waals surface area (Å²) in [5.41, 5.74) is -0.648. The van der Waals surface area contributed by atoms with Gasteiger partial charge in [0.15, 0.2) is 0 Å². The average molecular weight is 261 g/mol. The molecule has 1 amide bonds. The summed E-state index contributed by atoms with van der Waals surface area (Å²) in [4.78, 5) is 24.7. The van der Waals surface area contributed by atoms with E-state index in [2.05, 4.69) is 4.74 Å². The highest BCUT2D eigenvalue weighted by Crippen LogP contribution is 2.23. The lowest BCUT2D eigenvalue weighted by Gasteiger charge is -2.36. The fraction of sp³-hybridized carbons (Fsp3) is 0.833. The maximum Gasteiger partial charge on any atom is 0.411 e. The van der Waals surface area contributed by atoms with Gasteiger partial charge >= 0.3 is 12.1 Å². The summed E-state index contributed by atoms with van der Waals surface area (Å²) >= 11 is 0. The Morgan fingerprint density at radius 3 is 2.44 bits per heavy atom. The number of likely N-dealkylation sites (tertiary alicyclic amines) is 1. The topological polar surface area (TPSA) is 55.8 Å². The van der Waals surface area contributed by atoms with E-state index < -0.39 is 29.9 Å². The number of methoxy groups -OCH3 is 1. The number of halogens is 1. The third kappa shape index (κ3) is 3.85. The second-order valence-electron chi connectivity index (χ2n) is 5.33. The molecule has 0 aliphatic carbocycles. The van der Waals surface area contributed by atoms with Gasteiger partial charge in [0.25, 0.3) is 0 Å². The van der Waals surface area contributed by atoms with Gasteiger partial charge < -0.3 is 9.47 Å². The Morgan fingerprint density at radius 1 is 1.33 bits per heavy atom. The van der Waals surface area contributed by atoms with Crippen LogP contribution in [0.2, 0.25) is 0 Å². The number of piperidine rings is 1. The largest absolute Gasteiger partial charge is 0.467 e. The normalized spacial score (nSPS) is 24.6. The lowest BCUT2D eigenvalue weighted by molar-refractivity contribution is -0.149. The molecular formula is C12H20FNO4. The molecule has 1 aliphatic heterocycles. The van der Waals surface area contributed by atoms with Crippen LogP contribution in [-0.2, 0) is 14.3 Å². The number of nitrogens with zero attached hydrogens (tertiary/aromatic N) is 1. The lowest BCUT2D eigenvalue weighted by atomic mass is 10.0. The van der Waals surface area contributed by atoms with Crippen LogP contribution in [-0.4, -0.2) is 48.4 Å². The van der Waals surface area contributed by atoms with E-state index in [1.165, 1.54) is 12.0 Å². The number of rotatable bonds is 1. The van der Waals surface area contributed by atoms with Crippen LogP contribution in [0.1, 0.15) is 33.6 Å². The summed E-state index contributed by atoms with van der Waals surface area (Å²) in [5.74, 6) is -0.608. The SMILES string of the molecule is COC(=O)[C@H]1C[C@H](F)CCN1C(=O)OC(C)(C)C. The average Bonchev–Trinajstić information content (AvgIpc) is 2.25. The number of alkyl halides is 1. The molecule has 0 N–H and O–H groups in total. The van der Waals surface area contributed by atoms with Crippen LogP contribution in [0.25, 0.3) is 0 Å². The standard InChI is InChI=1S/C12H20FNO4/c1-12(2,3)18-11(16)14-6-5-8(13)7-9(14)10(15)17-4/h8-9H,5-7H2,1-4H3/t8-,9-/m1/s1. The molecule has 0 aromatic carbocycles. The zero-order valence-electron chi connectivity index (χ0n) is 11.2. The van der Waals surface area contributed by atoms with Gasteiger partial charge in [0, 0.05) is 13.0 Å². The number of hydrogen-bond donors (Lipinski definition) is 0. The third-order valence-corrected chi connectivity index (χ3v) is 2.64. The van der Waals surface area contributed by atoms with Crippen LogP contribution in [0, 0.1) is 0 Å². The molecule has 0 unspecified atom stereocenters. The van der Waals surface area contributed by atoms with Crippen molar-refractivity contribution >= 4 is 12.1 Å². The molecule has 1 heterocycles. The van der Waals surface area contributed by atoms with E-state index in [-0.39, 0.29) is 19.4 Å². The minimum absolute atomic E-state index is 0.0358. The predicted octanol–water partition coefficient (Wildman–Crippen LogP) is 1.90. The van der Waals surface area contributed by atoms with Crippen molar-refractivity contribution in [3.8, 4) is 0 Å². The molecule has 2 atom stereocenters. The molecule has 0 spiro atoms. The Hall–Kier alpha value is -1.33. The first-order valence-electron chi connectivity index (χ1n) is 5.96. The van der Waals surface area contributed by atoms with E-state index in [1.54, 1.807) is 20.8 Å². The van der Waals surface area contributed by atoms with Gasteiger partial charge in [0.05, 0.1) is 7.11 Å². The molecule has 1 saturated heterocycles. The monoisotopic (exact) mass is 261 g/mol. The Balaban J connectivity index is 2.77. The Kier molecular flexibility index (Phi) is 4.53. The van der Waals surface area contributed by atoms with Crippen LogP contribution in [0.4, 0.5) is 9.18 Å². The molecular weight excluding hydrogens is 241 g/mol. The van der Waals surface area contributed by atoms with Gasteiger partial charge in [-0.2, -0.15) is 0 Å². The fourth-order valence-corrected chi connectivity index (χ4v) is 1.82. The molecule has 18 heavy (non-hydrogen) atoms. The molecule has 104 valence electrons. The van der Waals surface area contributed by atoms with Crippen molar-refractivity contribution in [2.75, 3.05) is 13.7 Å². The first kappa shape index (κ1) is 14.7. The van der Waals surface area contributed by atoms with E-state index in [0.29, 0.717) is 0 Å². The zero-order chi connectivity index (χ0) is 13.9. The molecule has 0 radical (unpaired) electrons. The van der Waals surface area contributed by atoms with Gasteiger partial charge in [-0.15, -0.1) is 0 Å². The second kappa shape index (κ2) is 5.54. The maximum absolute atomic E-state index is 13.3. The Morgan fingerprint density at radius 2 is 1.94 bits per heavy atom. The zero-order valence-corrected chi connectivity index (χ0v) is 11.2. The maximum atomic E-state index is 13.3. The van der Waals surface area contributed by atoms with Crippen molar-refractivity contribution in [3.63, 3.8) is 0 Å². The summed E-state index contributed by atoms with van der Waals surface area (Å²) < 4.78 is 23.1. The highest BCUT2D eigenvalue weighted by atomic mass is 19.1. The van der Waals surface area contributed by atoms with E-state index in [0.717, 1.165) is 0 Å². The Labute approximate surface area is 106 Å². The minimum Gasteiger partial charge on any atom is -0.467 e.